The summed E-state index contributed by atoms with van der Waals surface area (Å²) in [4.78, 5) is 30.9. The van der Waals surface area contributed by atoms with E-state index in [0.717, 1.165) is 29.9 Å². The molecule has 0 unspecified atom stereocenters. The molecule has 3 amide bonds. The van der Waals surface area contributed by atoms with Gasteiger partial charge in [-0.3, -0.25) is 15.0 Å². The van der Waals surface area contributed by atoms with Gasteiger partial charge in [0.1, 0.15) is 5.01 Å². The van der Waals surface area contributed by atoms with Crippen LogP contribution in [0.2, 0.25) is 0 Å². The number of likely N-dealkylation sites (tertiary alicyclic amines) is 1. The topological polar surface area (TPSA) is 74.3 Å². The third-order valence-corrected chi connectivity index (χ3v) is 5.18. The molecule has 1 saturated heterocycles. The Hall–Kier alpha value is -1.99. The van der Waals surface area contributed by atoms with E-state index < -0.39 is 6.03 Å². The van der Waals surface area contributed by atoms with Gasteiger partial charge in [-0.25, -0.2) is 9.78 Å². The lowest BCUT2D eigenvalue weighted by Crippen LogP contribution is -2.50. The van der Waals surface area contributed by atoms with Crippen LogP contribution in [0.25, 0.3) is 10.2 Å². The van der Waals surface area contributed by atoms with Gasteiger partial charge in [-0.15, -0.1) is 11.3 Å². The number of hydrogen-bond acceptors (Lipinski definition) is 5. The van der Waals surface area contributed by atoms with Crippen molar-refractivity contribution >= 4 is 33.5 Å². The summed E-state index contributed by atoms with van der Waals surface area (Å²) in [7, 11) is 0. The predicted octanol–water partition coefficient (Wildman–Crippen LogP) is 3.06. The smallest absolute Gasteiger partial charge is 0.321 e. The number of urea groups is 1. The lowest BCUT2D eigenvalue weighted by atomic mass is 10.1. The van der Waals surface area contributed by atoms with Crippen molar-refractivity contribution in [2.45, 2.75) is 45.2 Å². The zero-order valence-electron chi connectivity index (χ0n) is 14.8. The molecule has 6 nitrogen and oxygen atoms in total. The van der Waals surface area contributed by atoms with Gasteiger partial charge in [0.05, 0.1) is 22.8 Å². The number of carbonyl (C=O) groups excluding carboxylic acids is 2. The molecule has 1 aliphatic heterocycles. The van der Waals surface area contributed by atoms with Gasteiger partial charge in [0.15, 0.2) is 0 Å². The number of benzene rings is 1. The lowest BCUT2D eigenvalue weighted by molar-refractivity contribution is -0.121. The summed E-state index contributed by atoms with van der Waals surface area (Å²) < 4.78 is 1.17. The Kier molecular flexibility index (Phi) is 5.06. The zero-order chi connectivity index (χ0) is 18.0. The number of thiazole rings is 1. The molecule has 2 aromatic rings. The minimum atomic E-state index is -0.451. The van der Waals surface area contributed by atoms with Crippen LogP contribution < -0.4 is 10.6 Å². The van der Waals surface area contributed by atoms with Gasteiger partial charge in [-0.1, -0.05) is 12.1 Å². The molecule has 1 aliphatic rings. The molecule has 3 rings (SSSR count). The number of hydrogen-bond donors (Lipinski definition) is 2. The Morgan fingerprint density at radius 1 is 1.32 bits per heavy atom. The molecule has 134 valence electrons. The van der Waals surface area contributed by atoms with E-state index >= 15 is 0 Å². The Bertz CT molecular complexity index is 748. The summed E-state index contributed by atoms with van der Waals surface area (Å²) in [6, 6.07) is 7.77. The fourth-order valence-electron chi connectivity index (χ4n) is 3.05. The molecule has 2 heterocycles. The average Bonchev–Trinajstić information content (AvgIpc) is 3.10. The van der Waals surface area contributed by atoms with Gasteiger partial charge in [-0.05, 0) is 52.3 Å². The molecule has 7 heteroatoms. The van der Waals surface area contributed by atoms with Gasteiger partial charge in [0, 0.05) is 5.54 Å². The molecule has 0 spiro atoms. The van der Waals surface area contributed by atoms with Crippen LogP contribution in [0.1, 0.15) is 44.7 Å². The van der Waals surface area contributed by atoms with Crippen molar-refractivity contribution < 1.29 is 9.59 Å². The number of para-hydroxylation sites is 1. The van der Waals surface area contributed by atoms with Crippen molar-refractivity contribution in [3.63, 3.8) is 0 Å². The highest BCUT2D eigenvalue weighted by Gasteiger charge is 2.30. The number of imide groups is 1. The predicted molar refractivity (Wildman–Crippen MR) is 99.6 cm³/mol. The normalized spacial score (nSPS) is 18.4. The molecule has 25 heavy (non-hydrogen) atoms. The van der Waals surface area contributed by atoms with Gasteiger partial charge in [0.2, 0.25) is 5.91 Å². The number of amides is 3. The standard InChI is InChI=1S/C18H24N4O2S/c1-18(2,3)21-17(24)20-15(23)11-22-10-6-8-13(22)16-19-12-7-4-5-9-14(12)25-16/h4-5,7,9,13H,6,8,10-11H2,1-3H3,(H2,20,21,23,24)/t13-/m1/s1. The molecule has 1 atom stereocenters. The molecule has 0 aliphatic carbocycles. The van der Waals surface area contributed by atoms with Crippen molar-refractivity contribution in [1.29, 1.82) is 0 Å². The number of fused-ring (bicyclic) bond motifs is 1. The summed E-state index contributed by atoms with van der Waals surface area (Å²) >= 11 is 1.68. The fraction of sp³-hybridized carbons (Fsp3) is 0.500. The summed E-state index contributed by atoms with van der Waals surface area (Å²) in [6.07, 6.45) is 2.02. The van der Waals surface area contributed by atoms with Crippen LogP contribution in [0.3, 0.4) is 0 Å². The first-order valence-electron chi connectivity index (χ1n) is 8.53. The largest absolute Gasteiger partial charge is 0.333 e. The third kappa shape index (κ3) is 4.55. The number of aromatic nitrogens is 1. The number of nitrogens with zero attached hydrogens (tertiary/aromatic N) is 2. The first-order chi connectivity index (χ1) is 11.8. The number of rotatable bonds is 3. The number of carbonyl (C=O) groups is 2. The molecule has 1 aromatic heterocycles. The highest BCUT2D eigenvalue weighted by molar-refractivity contribution is 7.18. The van der Waals surface area contributed by atoms with Crippen LogP contribution in [-0.4, -0.2) is 40.5 Å². The SMILES string of the molecule is CC(C)(C)NC(=O)NC(=O)CN1CCC[C@@H]1c1nc2ccccc2s1. The first kappa shape index (κ1) is 17.8. The molecular formula is C18H24N4O2S. The maximum Gasteiger partial charge on any atom is 0.321 e. The van der Waals surface area contributed by atoms with Crippen LogP contribution in [0, 0.1) is 0 Å². The number of nitrogens with one attached hydrogen (secondary N) is 2. The van der Waals surface area contributed by atoms with E-state index in [9.17, 15) is 9.59 Å². The van der Waals surface area contributed by atoms with Crippen LogP contribution in [0.4, 0.5) is 4.79 Å². The van der Waals surface area contributed by atoms with Gasteiger partial charge < -0.3 is 5.32 Å². The first-order valence-corrected chi connectivity index (χ1v) is 9.35. The minimum Gasteiger partial charge on any atom is -0.333 e. The second-order valence-electron chi connectivity index (χ2n) is 7.40. The molecule has 1 fully saturated rings. The maximum atomic E-state index is 12.2. The van der Waals surface area contributed by atoms with E-state index in [2.05, 4.69) is 21.6 Å². The second kappa shape index (κ2) is 7.09. The zero-order valence-corrected chi connectivity index (χ0v) is 15.7. The summed E-state index contributed by atoms with van der Waals surface area (Å²) in [5, 5.41) is 6.20. The van der Waals surface area contributed by atoms with Crippen molar-refractivity contribution in [2.24, 2.45) is 0 Å². The Labute approximate surface area is 151 Å². The Morgan fingerprint density at radius 2 is 2.08 bits per heavy atom. The van der Waals surface area contributed by atoms with Crippen LogP contribution in [0.15, 0.2) is 24.3 Å². The molecule has 2 N–H and O–H groups in total. The van der Waals surface area contributed by atoms with Crippen LogP contribution in [-0.2, 0) is 4.79 Å². The van der Waals surface area contributed by atoms with Gasteiger partial charge in [-0.2, -0.15) is 0 Å². The summed E-state index contributed by atoms with van der Waals surface area (Å²) in [6.45, 7) is 6.68. The van der Waals surface area contributed by atoms with Gasteiger partial charge >= 0.3 is 6.03 Å². The van der Waals surface area contributed by atoms with Crippen molar-refractivity contribution in [3.8, 4) is 0 Å². The van der Waals surface area contributed by atoms with E-state index in [4.69, 9.17) is 4.98 Å². The summed E-state index contributed by atoms with van der Waals surface area (Å²) in [5.74, 6) is -0.283. The van der Waals surface area contributed by atoms with E-state index in [1.165, 1.54) is 4.70 Å². The average molecular weight is 360 g/mol. The minimum absolute atomic E-state index is 0.147. The fourth-order valence-corrected chi connectivity index (χ4v) is 4.19. The molecular weight excluding hydrogens is 336 g/mol. The maximum absolute atomic E-state index is 12.2. The highest BCUT2D eigenvalue weighted by Crippen LogP contribution is 2.36. The lowest BCUT2D eigenvalue weighted by Gasteiger charge is -2.23. The third-order valence-electron chi connectivity index (χ3n) is 4.05. The second-order valence-corrected chi connectivity index (χ2v) is 8.46. The van der Waals surface area contributed by atoms with E-state index in [0.29, 0.717) is 0 Å². The monoisotopic (exact) mass is 360 g/mol. The van der Waals surface area contributed by atoms with Crippen LogP contribution in [0.5, 0.6) is 0 Å². The molecule has 0 radical (unpaired) electrons. The van der Waals surface area contributed by atoms with Crippen molar-refractivity contribution in [3.05, 3.63) is 29.3 Å². The quantitative estimate of drug-likeness (QED) is 0.882. The van der Waals surface area contributed by atoms with Gasteiger partial charge in [0.25, 0.3) is 0 Å². The van der Waals surface area contributed by atoms with Crippen molar-refractivity contribution in [1.82, 2.24) is 20.5 Å². The molecule has 0 saturated carbocycles. The van der Waals surface area contributed by atoms with Crippen molar-refractivity contribution in [2.75, 3.05) is 13.1 Å². The van der Waals surface area contributed by atoms with E-state index in [1.807, 2.05) is 39.0 Å². The Morgan fingerprint density at radius 3 is 2.80 bits per heavy atom. The molecule has 0 bridgehead atoms. The highest BCUT2D eigenvalue weighted by atomic mass is 32.1. The van der Waals surface area contributed by atoms with E-state index in [1.54, 1.807) is 11.3 Å². The molecule has 1 aromatic carbocycles. The van der Waals surface area contributed by atoms with Crippen LogP contribution >= 0.6 is 11.3 Å². The summed E-state index contributed by atoms with van der Waals surface area (Å²) in [5.41, 5.74) is 0.630. The van der Waals surface area contributed by atoms with E-state index in [-0.39, 0.29) is 24.0 Å². The Balaban J connectivity index is 1.63.